The van der Waals surface area contributed by atoms with E-state index in [1.54, 1.807) is 0 Å². The van der Waals surface area contributed by atoms with Crippen LogP contribution in [0.4, 0.5) is 5.69 Å². The third-order valence-electron chi connectivity index (χ3n) is 3.67. The number of nitrogens with zero attached hydrogens (tertiary/aromatic N) is 1. The molecule has 0 bridgehead atoms. The Morgan fingerprint density at radius 1 is 1.06 bits per heavy atom. The van der Waals surface area contributed by atoms with Crippen LogP contribution in [0.25, 0.3) is 0 Å². The summed E-state index contributed by atoms with van der Waals surface area (Å²) in [7, 11) is 2.19. The molecule has 0 radical (unpaired) electrons. The zero-order chi connectivity index (χ0) is 13.4. The lowest BCUT2D eigenvalue weighted by Gasteiger charge is -2.37. The molecule has 2 heteroatoms. The highest BCUT2D eigenvalue weighted by Crippen LogP contribution is 2.33. The molecule has 0 aliphatic rings. The molecule has 1 aromatic carbocycles. The molecule has 0 saturated heterocycles. The van der Waals surface area contributed by atoms with Gasteiger partial charge in [0.2, 0.25) is 0 Å². The molecule has 102 valence electrons. The van der Waals surface area contributed by atoms with Crippen LogP contribution in [0.5, 0.6) is 0 Å². The summed E-state index contributed by atoms with van der Waals surface area (Å²) in [6, 6.07) is 10.6. The molecule has 0 aromatic heterocycles. The Bertz CT molecular complexity index is 317. The van der Waals surface area contributed by atoms with E-state index >= 15 is 0 Å². The van der Waals surface area contributed by atoms with Crippen LogP contribution in [0, 0.1) is 5.41 Å². The van der Waals surface area contributed by atoms with Crippen LogP contribution < -0.4 is 4.90 Å². The number of anilines is 1. The molecular formula is C16H27NS. The van der Waals surface area contributed by atoms with Crippen molar-refractivity contribution < 1.29 is 0 Å². The van der Waals surface area contributed by atoms with E-state index in [4.69, 9.17) is 0 Å². The van der Waals surface area contributed by atoms with Crippen molar-refractivity contribution in [2.24, 2.45) is 5.41 Å². The van der Waals surface area contributed by atoms with Gasteiger partial charge < -0.3 is 4.90 Å². The van der Waals surface area contributed by atoms with E-state index in [9.17, 15) is 0 Å². The first-order valence-electron chi connectivity index (χ1n) is 7.04. The van der Waals surface area contributed by atoms with Gasteiger partial charge in [-0.25, -0.2) is 0 Å². The Kier molecular flexibility index (Phi) is 6.62. The molecule has 0 aliphatic carbocycles. The van der Waals surface area contributed by atoms with Crippen molar-refractivity contribution in [3.8, 4) is 0 Å². The molecule has 0 amide bonds. The number of benzene rings is 1. The van der Waals surface area contributed by atoms with Gasteiger partial charge in [-0.15, -0.1) is 0 Å². The molecule has 0 unspecified atom stereocenters. The van der Waals surface area contributed by atoms with E-state index < -0.39 is 0 Å². The predicted octanol–water partition coefficient (Wildman–Crippen LogP) is 4.64. The fourth-order valence-corrected chi connectivity index (χ4v) is 3.24. The first-order valence-corrected chi connectivity index (χ1v) is 7.67. The van der Waals surface area contributed by atoms with Gasteiger partial charge in [0, 0.05) is 19.3 Å². The zero-order valence-electron chi connectivity index (χ0n) is 12.0. The van der Waals surface area contributed by atoms with Crippen molar-refractivity contribution in [1.29, 1.82) is 0 Å². The molecule has 0 aliphatic heterocycles. The maximum atomic E-state index is 4.63. The summed E-state index contributed by atoms with van der Waals surface area (Å²) >= 11 is 4.63. The van der Waals surface area contributed by atoms with Gasteiger partial charge in [-0.05, 0) is 36.1 Å². The largest absolute Gasteiger partial charge is 0.374 e. The van der Waals surface area contributed by atoms with Gasteiger partial charge in [-0.1, -0.05) is 44.9 Å². The lowest BCUT2D eigenvalue weighted by molar-refractivity contribution is 0.282. The predicted molar refractivity (Wildman–Crippen MR) is 85.8 cm³/mol. The Labute approximate surface area is 118 Å². The van der Waals surface area contributed by atoms with Gasteiger partial charge >= 0.3 is 0 Å². The van der Waals surface area contributed by atoms with E-state index in [1.807, 2.05) is 0 Å². The lowest BCUT2D eigenvalue weighted by atomic mass is 9.80. The number of hydrogen-bond donors (Lipinski definition) is 1. The Hall–Kier alpha value is -0.630. The smallest absolute Gasteiger partial charge is 0.0363 e. The van der Waals surface area contributed by atoms with E-state index in [1.165, 1.54) is 31.4 Å². The quantitative estimate of drug-likeness (QED) is 0.670. The van der Waals surface area contributed by atoms with Crippen molar-refractivity contribution >= 4 is 18.3 Å². The maximum Gasteiger partial charge on any atom is 0.0363 e. The Balaban J connectivity index is 2.76. The lowest BCUT2D eigenvalue weighted by Crippen LogP contribution is -2.37. The topological polar surface area (TPSA) is 3.24 Å². The highest BCUT2D eigenvalue weighted by molar-refractivity contribution is 7.80. The Morgan fingerprint density at radius 2 is 1.61 bits per heavy atom. The second-order valence-electron chi connectivity index (χ2n) is 5.35. The van der Waals surface area contributed by atoms with E-state index in [0.717, 1.165) is 12.3 Å². The third kappa shape index (κ3) is 4.24. The maximum absolute atomic E-state index is 4.63. The van der Waals surface area contributed by atoms with Crippen molar-refractivity contribution in [2.45, 2.75) is 39.5 Å². The first kappa shape index (κ1) is 15.4. The second kappa shape index (κ2) is 7.73. The van der Waals surface area contributed by atoms with E-state index in [2.05, 4.69) is 68.8 Å². The summed E-state index contributed by atoms with van der Waals surface area (Å²) in [5.74, 6) is 0.978. The average molecular weight is 265 g/mol. The molecule has 1 aromatic rings. The first-order chi connectivity index (χ1) is 8.67. The minimum absolute atomic E-state index is 0.358. The van der Waals surface area contributed by atoms with Crippen LogP contribution >= 0.6 is 12.6 Å². The number of hydrogen-bond acceptors (Lipinski definition) is 2. The summed E-state index contributed by atoms with van der Waals surface area (Å²) in [4.78, 5) is 2.38. The summed E-state index contributed by atoms with van der Waals surface area (Å²) in [5, 5.41) is 0. The number of thiol groups is 1. The molecule has 18 heavy (non-hydrogen) atoms. The van der Waals surface area contributed by atoms with Gasteiger partial charge in [-0.3, -0.25) is 0 Å². The van der Waals surface area contributed by atoms with Crippen LogP contribution in [-0.4, -0.2) is 19.3 Å². The molecule has 0 atom stereocenters. The standard InChI is InChI=1S/C16H27NS/c1-4-11-16(14-18,12-5-2)13-17(3)15-9-7-6-8-10-15/h6-10,18H,4-5,11-14H2,1-3H3. The van der Waals surface area contributed by atoms with Gasteiger partial charge in [-0.2, -0.15) is 12.6 Å². The zero-order valence-corrected chi connectivity index (χ0v) is 12.9. The van der Waals surface area contributed by atoms with Gasteiger partial charge in [0.1, 0.15) is 0 Å². The van der Waals surface area contributed by atoms with Crippen molar-refractivity contribution in [3.05, 3.63) is 30.3 Å². The Morgan fingerprint density at radius 3 is 2.06 bits per heavy atom. The summed E-state index contributed by atoms with van der Waals surface area (Å²) in [6.07, 6.45) is 5.01. The van der Waals surface area contributed by atoms with E-state index in [-0.39, 0.29) is 0 Å². The van der Waals surface area contributed by atoms with Crippen molar-refractivity contribution in [3.63, 3.8) is 0 Å². The minimum atomic E-state index is 0.358. The van der Waals surface area contributed by atoms with Crippen molar-refractivity contribution in [2.75, 3.05) is 24.2 Å². The molecular weight excluding hydrogens is 238 g/mol. The van der Waals surface area contributed by atoms with E-state index in [0.29, 0.717) is 5.41 Å². The SMILES string of the molecule is CCCC(CS)(CCC)CN(C)c1ccccc1. The number of rotatable bonds is 8. The summed E-state index contributed by atoms with van der Waals surface area (Å²) in [6.45, 7) is 5.65. The fraction of sp³-hybridized carbons (Fsp3) is 0.625. The summed E-state index contributed by atoms with van der Waals surface area (Å²) in [5.41, 5.74) is 1.66. The second-order valence-corrected chi connectivity index (χ2v) is 5.67. The normalized spacial score (nSPS) is 11.6. The number of para-hydroxylation sites is 1. The third-order valence-corrected chi connectivity index (χ3v) is 4.34. The van der Waals surface area contributed by atoms with Crippen LogP contribution in [-0.2, 0) is 0 Å². The van der Waals surface area contributed by atoms with Crippen LogP contribution in [0.1, 0.15) is 39.5 Å². The molecule has 1 nitrogen and oxygen atoms in total. The fourth-order valence-electron chi connectivity index (χ4n) is 2.83. The van der Waals surface area contributed by atoms with Crippen LogP contribution in [0.3, 0.4) is 0 Å². The molecule has 0 fully saturated rings. The van der Waals surface area contributed by atoms with Gasteiger partial charge in [0.25, 0.3) is 0 Å². The minimum Gasteiger partial charge on any atom is -0.374 e. The molecule has 0 saturated carbocycles. The molecule has 0 spiro atoms. The monoisotopic (exact) mass is 265 g/mol. The van der Waals surface area contributed by atoms with Gasteiger partial charge in [0.15, 0.2) is 0 Å². The highest BCUT2D eigenvalue weighted by atomic mass is 32.1. The van der Waals surface area contributed by atoms with Gasteiger partial charge in [0.05, 0.1) is 0 Å². The van der Waals surface area contributed by atoms with Crippen molar-refractivity contribution in [1.82, 2.24) is 0 Å². The van der Waals surface area contributed by atoms with Crippen LogP contribution in [0.2, 0.25) is 0 Å². The molecule has 0 heterocycles. The summed E-state index contributed by atoms with van der Waals surface area (Å²) < 4.78 is 0. The average Bonchev–Trinajstić information content (AvgIpc) is 2.40. The highest BCUT2D eigenvalue weighted by Gasteiger charge is 2.28. The molecule has 0 N–H and O–H groups in total. The molecule has 1 rings (SSSR count). The van der Waals surface area contributed by atoms with Crippen LogP contribution in [0.15, 0.2) is 30.3 Å².